The van der Waals surface area contributed by atoms with Gasteiger partial charge in [-0.1, -0.05) is 49.3 Å². The molecule has 0 aliphatic carbocycles. The van der Waals surface area contributed by atoms with Gasteiger partial charge in [-0.3, -0.25) is 4.90 Å². The Labute approximate surface area is 131 Å². The molecule has 0 spiro atoms. The monoisotopic (exact) mass is 300 g/mol. The van der Waals surface area contributed by atoms with Gasteiger partial charge in [-0.15, -0.1) is 0 Å². The molecule has 1 aromatic carbocycles. The van der Waals surface area contributed by atoms with E-state index in [9.17, 15) is 0 Å². The first kappa shape index (κ1) is 15.2. The Morgan fingerprint density at radius 1 is 1.27 bits per heavy atom. The molecule has 0 bridgehead atoms. The molecule has 1 aromatic heterocycles. The molecule has 0 radical (unpaired) electrons. The second-order valence-corrected chi connectivity index (χ2v) is 6.41. The van der Waals surface area contributed by atoms with Gasteiger partial charge < -0.3 is 10.3 Å². The summed E-state index contributed by atoms with van der Waals surface area (Å²) in [6, 6.07) is 10.6. The van der Waals surface area contributed by atoms with Crippen molar-refractivity contribution in [3.8, 4) is 0 Å². The average Bonchev–Trinajstić information content (AvgIpc) is 3.15. The van der Waals surface area contributed by atoms with Crippen LogP contribution in [0.2, 0.25) is 0 Å². The van der Waals surface area contributed by atoms with E-state index < -0.39 is 0 Å². The van der Waals surface area contributed by atoms with E-state index in [4.69, 9.17) is 10.3 Å². The number of nitrogens with two attached hydrogens (primary N) is 1. The molecule has 0 amide bonds. The molecule has 2 atom stereocenters. The molecule has 5 nitrogen and oxygen atoms in total. The molecule has 1 aliphatic heterocycles. The zero-order valence-corrected chi connectivity index (χ0v) is 13.3. The molecule has 2 N–H and O–H groups in total. The molecule has 2 aromatic rings. The first-order valence-electron chi connectivity index (χ1n) is 7.97. The first-order chi connectivity index (χ1) is 10.7. The summed E-state index contributed by atoms with van der Waals surface area (Å²) in [6.45, 7) is 7.54. The largest absolute Gasteiger partial charge is 0.339 e. The number of nitrogens with zero attached hydrogens (tertiary/aromatic N) is 3. The van der Waals surface area contributed by atoms with Gasteiger partial charge in [0.1, 0.15) is 0 Å². The molecule has 118 valence electrons. The number of hydrogen-bond acceptors (Lipinski definition) is 5. The summed E-state index contributed by atoms with van der Waals surface area (Å²) in [6.07, 6.45) is 0. The van der Waals surface area contributed by atoms with Crippen molar-refractivity contribution in [1.29, 1.82) is 0 Å². The van der Waals surface area contributed by atoms with E-state index in [0.717, 1.165) is 25.5 Å². The molecule has 0 saturated carbocycles. The maximum Gasteiger partial charge on any atom is 0.229 e. The number of benzene rings is 1. The zero-order chi connectivity index (χ0) is 15.5. The third-order valence-electron chi connectivity index (χ3n) is 4.39. The molecule has 22 heavy (non-hydrogen) atoms. The van der Waals surface area contributed by atoms with Crippen LogP contribution in [0.3, 0.4) is 0 Å². The van der Waals surface area contributed by atoms with Gasteiger partial charge in [0.25, 0.3) is 0 Å². The second kappa shape index (κ2) is 6.58. The highest BCUT2D eigenvalue weighted by atomic mass is 16.5. The molecule has 1 aliphatic rings. The summed E-state index contributed by atoms with van der Waals surface area (Å²) < 4.78 is 5.29. The van der Waals surface area contributed by atoms with E-state index in [2.05, 4.69) is 59.2 Å². The Hall–Kier alpha value is -1.72. The van der Waals surface area contributed by atoms with Crippen molar-refractivity contribution in [2.75, 3.05) is 19.6 Å². The minimum Gasteiger partial charge on any atom is -0.339 e. The number of aromatic nitrogens is 2. The van der Waals surface area contributed by atoms with Gasteiger partial charge in [0.05, 0.1) is 6.54 Å². The highest BCUT2D eigenvalue weighted by Crippen LogP contribution is 2.32. The Kier molecular flexibility index (Phi) is 4.55. The maximum atomic E-state index is 5.98. The van der Waals surface area contributed by atoms with E-state index >= 15 is 0 Å². The van der Waals surface area contributed by atoms with Crippen molar-refractivity contribution in [2.24, 2.45) is 11.7 Å². The highest BCUT2D eigenvalue weighted by Gasteiger charge is 2.33. The lowest BCUT2D eigenvalue weighted by molar-refractivity contribution is 0.297. The van der Waals surface area contributed by atoms with Gasteiger partial charge in [-0.2, -0.15) is 4.98 Å². The lowest BCUT2D eigenvalue weighted by atomic mass is 9.89. The van der Waals surface area contributed by atoms with E-state index in [0.29, 0.717) is 24.3 Å². The van der Waals surface area contributed by atoms with Crippen molar-refractivity contribution in [2.45, 2.75) is 32.2 Å². The summed E-state index contributed by atoms with van der Waals surface area (Å²) in [7, 11) is 0. The Balaban J connectivity index is 1.68. The lowest BCUT2D eigenvalue weighted by Crippen LogP contribution is -2.23. The normalized spacial score (nSPS) is 22.5. The Morgan fingerprint density at radius 2 is 2.05 bits per heavy atom. The standard InChI is InChI=1S/C17H24N4O/c1-12(2)17-19-16(20-22-17)11-21-9-14(8-18)15(10-21)13-6-4-3-5-7-13/h3-7,12,14-15H,8-11,18H2,1-2H3/t14-,15+/m1/s1. The molecule has 1 fully saturated rings. The number of hydrogen-bond donors (Lipinski definition) is 1. The fourth-order valence-electron chi connectivity index (χ4n) is 3.17. The smallest absolute Gasteiger partial charge is 0.229 e. The molecule has 5 heteroatoms. The summed E-state index contributed by atoms with van der Waals surface area (Å²) in [5.41, 5.74) is 7.36. The topological polar surface area (TPSA) is 68.2 Å². The predicted molar refractivity (Wildman–Crippen MR) is 85.4 cm³/mol. The summed E-state index contributed by atoms with van der Waals surface area (Å²) in [4.78, 5) is 6.85. The lowest BCUT2D eigenvalue weighted by Gasteiger charge is -2.16. The van der Waals surface area contributed by atoms with Gasteiger partial charge in [0.15, 0.2) is 5.82 Å². The van der Waals surface area contributed by atoms with Crippen molar-refractivity contribution >= 4 is 0 Å². The van der Waals surface area contributed by atoms with Crippen LogP contribution in [0.15, 0.2) is 34.9 Å². The summed E-state index contributed by atoms with van der Waals surface area (Å²) in [5.74, 6) is 2.73. The van der Waals surface area contributed by atoms with Crippen molar-refractivity contribution in [3.63, 3.8) is 0 Å². The van der Waals surface area contributed by atoms with Crippen LogP contribution in [-0.4, -0.2) is 34.7 Å². The van der Waals surface area contributed by atoms with Crippen LogP contribution in [0, 0.1) is 5.92 Å². The molecule has 1 saturated heterocycles. The molecule has 0 unspecified atom stereocenters. The van der Waals surface area contributed by atoms with Gasteiger partial charge >= 0.3 is 0 Å². The first-order valence-corrected chi connectivity index (χ1v) is 7.97. The van der Waals surface area contributed by atoms with Crippen molar-refractivity contribution in [1.82, 2.24) is 15.0 Å². The Morgan fingerprint density at radius 3 is 2.68 bits per heavy atom. The van der Waals surface area contributed by atoms with Crippen LogP contribution in [0.4, 0.5) is 0 Å². The fourth-order valence-corrected chi connectivity index (χ4v) is 3.17. The minimum atomic E-state index is 0.272. The van der Waals surface area contributed by atoms with E-state index in [1.807, 2.05) is 0 Å². The number of rotatable bonds is 5. The summed E-state index contributed by atoms with van der Waals surface area (Å²) >= 11 is 0. The SMILES string of the molecule is CC(C)c1nc(CN2C[C@@H](CN)[C@H](c3ccccc3)C2)no1. The zero-order valence-electron chi connectivity index (χ0n) is 13.3. The van der Waals surface area contributed by atoms with E-state index in [1.54, 1.807) is 0 Å². The maximum absolute atomic E-state index is 5.98. The predicted octanol–water partition coefficient (Wildman–Crippen LogP) is 2.37. The highest BCUT2D eigenvalue weighted by molar-refractivity contribution is 5.22. The van der Waals surface area contributed by atoms with Crippen LogP contribution < -0.4 is 5.73 Å². The molecule has 2 heterocycles. The van der Waals surface area contributed by atoms with Gasteiger partial charge in [0.2, 0.25) is 5.89 Å². The third-order valence-corrected chi connectivity index (χ3v) is 4.39. The molecule has 3 rings (SSSR count). The Bertz CT molecular complexity index is 596. The van der Waals surface area contributed by atoms with E-state index in [1.165, 1.54) is 5.56 Å². The third kappa shape index (κ3) is 3.20. The van der Waals surface area contributed by atoms with Gasteiger partial charge in [-0.05, 0) is 18.0 Å². The minimum absolute atomic E-state index is 0.272. The number of likely N-dealkylation sites (tertiary alicyclic amines) is 1. The van der Waals surface area contributed by atoms with Crippen LogP contribution in [0.1, 0.15) is 43.0 Å². The van der Waals surface area contributed by atoms with Gasteiger partial charge in [0, 0.05) is 24.9 Å². The van der Waals surface area contributed by atoms with Crippen LogP contribution in [-0.2, 0) is 6.54 Å². The molecular weight excluding hydrogens is 276 g/mol. The van der Waals surface area contributed by atoms with Gasteiger partial charge in [-0.25, -0.2) is 0 Å². The van der Waals surface area contributed by atoms with Crippen LogP contribution in [0.25, 0.3) is 0 Å². The van der Waals surface area contributed by atoms with Crippen LogP contribution >= 0.6 is 0 Å². The second-order valence-electron chi connectivity index (χ2n) is 6.41. The summed E-state index contributed by atoms with van der Waals surface area (Å²) in [5, 5.41) is 4.09. The van der Waals surface area contributed by atoms with E-state index in [-0.39, 0.29) is 5.92 Å². The van der Waals surface area contributed by atoms with Crippen LogP contribution in [0.5, 0.6) is 0 Å². The molecular formula is C17H24N4O. The average molecular weight is 300 g/mol. The quantitative estimate of drug-likeness (QED) is 0.918. The van der Waals surface area contributed by atoms with Crippen molar-refractivity contribution < 1.29 is 4.52 Å². The van der Waals surface area contributed by atoms with Crippen molar-refractivity contribution in [3.05, 3.63) is 47.6 Å². The fraction of sp³-hybridized carbons (Fsp3) is 0.529.